The normalized spacial score (nSPS) is 18.7. The van der Waals surface area contributed by atoms with Gasteiger partial charge in [0.1, 0.15) is 5.57 Å². The molecule has 0 unspecified atom stereocenters. The lowest BCUT2D eigenvalue weighted by molar-refractivity contribution is -0.122. The lowest BCUT2D eigenvalue weighted by Crippen LogP contribution is -2.54. The van der Waals surface area contributed by atoms with E-state index in [2.05, 4.69) is 26.1 Å². The Labute approximate surface area is 189 Å². The molecule has 154 valence electrons. The van der Waals surface area contributed by atoms with E-state index >= 15 is 0 Å². The van der Waals surface area contributed by atoms with Crippen molar-refractivity contribution in [1.29, 1.82) is 0 Å². The molecule has 2 aromatic rings. The Bertz CT molecular complexity index is 1040. The van der Waals surface area contributed by atoms with Crippen molar-refractivity contribution in [3.63, 3.8) is 0 Å². The molecule has 0 spiro atoms. The monoisotopic (exact) mass is 483 g/mol. The first kappa shape index (κ1) is 20.8. The Morgan fingerprint density at radius 1 is 1.03 bits per heavy atom. The van der Waals surface area contributed by atoms with Crippen LogP contribution in [-0.2, 0) is 9.59 Å². The van der Waals surface area contributed by atoms with Crippen LogP contribution in [0.15, 0.2) is 52.5 Å². The first-order chi connectivity index (χ1) is 14.4. The number of thiocarbonyl (C=S) groups is 1. The molecule has 30 heavy (non-hydrogen) atoms. The van der Waals surface area contributed by atoms with Gasteiger partial charge in [-0.25, -0.2) is 0 Å². The van der Waals surface area contributed by atoms with Crippen LogP contribution in [0.25, 0.3) is 6.08 Å². The van der Waals surface area contributed by atoms with Gasteiger partial charge in [-0.1, -0.05) is 28.1 Å². The number of hydrogen-bond donors (Lipinski definition) is 1. The van der Waals surface area contributed by atoms with Crippen LogP contribution in [0.4, 0.5) is 11.4 Å². The molecule has 0 bridgehead atoms. The molecule has 2 heterocycles. The Morgan fingerprint density at radius 3 is 2.40 bits per heavy atom. The smallest absolute Gasteiger partial charge is 0.270 e. The summed E-state index contributed by atoms with van der Waals surface area (Å²) in [4.78, 5) is 29.5. The molecular weight excluding hydrogens is 462 g/mol. The lowest BCUT2D eigenvalue weighted by atomic mass is 10.0. The van der Waals surface area contributed by atoms with Gasteiger partial charge in [0.25, 0.3) is 11.8 Å². The summed E-state index contributed by atoms with van der Waals surface area (Å²) in [6.07, 6.45) is 5.34. The van der Waals surface area contributed by atoms with E-state index in [9.17, 15) is 9.59 Å². The van der Waals surface area contributed by atoms with Crippen molar-refractivity contribution in [2.24, 2.45) is 0 Å². The summed E-state index contributed by atoms with van der Waals surface area (Å²) in [5.74, 6) is -0.898. The van der Waals surface area contributed by atoms with Gasteiger partial charge in [-0.3, -0.25) is 19.8 Å². The summed E-state index contributed by atoms with van der Waals surface area (Å²) in [7, 11) is 0. The summed E-state index contributed by atoms with van der Waals surface area (Å²) in [6.45, 7) is 4.04. The summed E-state index contributed by atoms with van der Waals surface area (Å²) in [5, 5.41) is 2.73. The second-order valence-electron chi connectivity index (χ2n) is 7.53. The predicted molar refractivity (Wildman–Crippen MR) is 128 cm³/mol. The van der Waals surface area contributed by atoms with Gasteiger partial charge in [0.2, 0.25) is 0 Å². The fourth-order valence-electron chi connectivity index (χ4n) is 3.85. The lowest BCUT2D eigenvalue weighted by Gasteiger charge is -2.30. The number of benzene rings is 2. The molecule has 1 N–H and O–H groups in total. The molecular formula is C23H22BrN3O2S. The number of carbonyl (C=O) groups excluding carboxylic acids is 2. The van der Waals surface area contributed by atoms with Crippen LogP contribution in [0.5, 0.6) is 0 Å². The van der Waals surface area contributed by atoms with Crippen molar-refractivity contribution in [2.45, 2.75) is 26.2 Å². The maximum atomic E-state index is 13.2. The van der Waals surface area contributed by atoms with Crippen LogP contribution in [0.2, 0.25) is 0 Å². The van der Waals surface area contributed by atoms with E-state index in [1.807, 2.05) is 49.4 Å². The zero-order chi connectivity index (χ0) is 21.3. The SMILES string of the molecule is Cc1cc(Br)ccc1N1C(=O)/C(=C/c2ccc(N3CCCCC3)cc2)C(=O)NC1=S. The summed E-state index contributed by atoms with van der Waals surface area (Å²) in [6, 6.07) is 13.5. The number of aryl methyl sites for hydroxylation is 1. The van der Waals surface area contributed by atoms with Crippen molar-refractivity contribution in [1.82, 2.24) is 5.32 Å². The van der Waals surface area contributed by atoms with Crippen molar-refractivity contribution >= 4 is 62.5 Å². The number of halogens is 1. The van der Waals surface area contributed by atoms with Crippen LogP contribution in [0.3, 0.4) is 0 Å². The Hall–Kier alpha value is -2.51. The van der Waals surface area contributed by atoms with Crippen molar-refractivity contribution in [3.8, 4) is 0 Å². The van der Waals surface area contributed by atoms with Crippen LogP contribution in [0.1, 0.15) is 30.4 Å². The van der Waals surface area contributed by atoms with Crippen molar-refractivity contribution in [3.05, 3.63) is 63.6 Å². The van der Waals surface area contributed by atoms with Crippen LogP contribution < -0.4 is 15.1 Å². The molecule has 2 aliphatic rings. The minimum atomic E-state index is -0.476. The number of rotatable bonds is 3. The van der Waals surface area contributed by atoms with Gasteiger partial charge >= 0.3 is 0 Å². The number of anilines is 2. The second-order valence-corrected chi connectivity index (χ2v) is 8.83. The maximum absolute atomic E-state index is 13.2. The van der Waals surface area contributed by atoms with E-state index in [1.165, 1.54) is 29.8 Å². The topological polar surface area (TPSA) is 52.7 Å². The van der Waals surface area contributed by atoms with Crippen molar-refractivity contribution < 1.29 is 9.59 Å². The average molecular weight is 484 g/mol. The standard InChI is InChI=1S/C23H22BrN3O2S/c1-15-13-17(24)7-10-20(15)27-22(29)19(21(28)25-23(27)30)14-16-5-8-18(9-6-16)26-11-3-2-4-12-26/h5-10,13-14H,2-4,11-12H2,1H3,(H,25,28,30)/b19-14+. The van der Waals surface area contributed by atoms with Crippen LogP contribution in [0, 0.1) is 6.92 Å². The number of carbonyl (C=O) groups is 2. The molecule has 2 amide bonds. The first-order valence-corrected chi connectivity index (χ1v) is 11.2. The van der Waals surface area contributed by atoms with E-state index in [0.717, 1.165) is 28.7 Å². The van der Waals surface area contributed by atoms with E-state index in [1.54, 1.807) is 6.08 Å². The number of amides is 2. The predicted octanol–water partition coefficient (Wildman–Crippen LogP) is 4.58. The van der Waals surface area contributed by atoms with Crippen LogP contribution >= 0.6 is 28.1 Å². The molecule has 5 nitrogen and oxygen atoms in total. The second kappa shape index (κ2) is 8.70. The van der Waals surface area contributed by atoms with Gasteiger partial charge in [0, 0.05) is 23.2 Å². The quantitative estimate of drug-likeness (QED) is 0.394. The molecule has 0 atom stereocenters. The van der Waals surface area contributed by atoms with Gasteiger partial charge in [0.05, 0.1) is 5.69 Å². The fourth-order valence-corrected chi connectivity index (χ4v) is 4.60. The van der Waals surface area contributed by atoms with E-state index in [4.69, 9.17) is 12.2 Å². The number of nitrogens with one attached hydrogen (secondary N) is 1. The fraction of sp³-hybridized carbons (Fsp3) is 0.261. The van der Waals surface area contributed by atoms with Gasteiger partial charge in [0.15, 0.2) is 5.11 Å². The van der Waals surface area contributed by atoms with E-state index in [0.29, 0.717) is 5.69 Å². The molecule has 0 aliphatic carbocycles. The molecule has 2 fully saturated rings. The van der Waals surface area contributed by atoms with Gasteiger partial charge in [-0.2, -0.15) is 0 Å². The highest BCUT2D eigenvalue weighted by Gasteiger charge is 2.35. The van der Waals surface area contributed by atoms with Crippen LogP contribution in [-0.4, -0.2) is 30.0 Å². The molecule has 0 radical (unpaired) electrons. The number of hydrogen-bond acceptors (Lipinski definition) is 4. The Kier molecular flexibility index (Phi) is 6.01. The Morgan fingerprint density at radius 2 is 1.73 bits per heavy atom. The minimum absolute atomic E-state index is 0.0663. The Balaban J connectivity index is 1.62. The zero-order valence-electron chi connectivity index (χ0n) is 16.7. The highest BCUT2D eigenvalue weighted by molar-refractivity contribution is 9.10. The summed E-state index contributed by atoms with van der Waals surface area (Å²) >= 11 is 8.72. The molecule has 2 saturated heterocycles. The third-order valence-corrected chi connectivity index (χ3v) is 6.20. The summed E-state index contributed by atoms with van der Waals surface area (Å²) < 4.78 is 0.910. The van der Waals surface area contributed by atoms with Crippen molar-refractivity contribution in [2.75, 3.05) is 22.9 Å². The zero-order valence-corrected chi connectivity index (χ0v) is 19.1. The molecule has 7 heteroatoms. The minimum Gasteiger partial charge on any atom is -0.372 e. The van der Waals surface area contributed by atoms with E-state index in [-0.39, 0.29) is 10.7 Å². The highest BCUT2D eigenvalue weighted by Crippen LogP contribution is 2.28. The van der Waals surface area contributed by atoms with Gasteiger partial charge in [-0.05, 0) is 85.9 Å². The number of piperidine rings is 1. The first-order valence-electron chi connectivity index (χ1n) is 9.96. The molecule has 2 aromatic carbocycles. The largest absolute Gasteiger partial charge is 0.372 e. The van der Waals surface area contributed by atoms with E-state index < -0.39 is 11.8 Å². The molecule has 0 saturated carbocycles. The highest BCUT2D eigenvalue weighted by atomic mass is 79.9. The molecule has 2 aliphatic heterocycles. The average Bonchev–Trinajstić information content (AvgIpc) is 2.73. The maximum Gasteiger partial charge on any atom is 0.270 e. The van der Waals surface area contributed by atoms with Gasteiger partial charge < -0.3 is 4.90 Å². The third kappa shape index (κ3) is 4.18. The number of nitrogens with zero attached hydrogens (tertiary/aromatic N) is 2. The van der Waals surface area contributed by atoms with Gasteiger partial charge in [-0.15, -0.1) is 0 Å². The third-order valence-electron chi connectivity index (χ3n) is 5.43. The molecule has 4 rings (SSSR count). The summed E-state index contributed by atoms with van der Waals surface area (Å²) in [5.41, 5.74) is 3.57. The molecule has 0 aromatic heterocycles.